The summed E-state index contributed by atoms with van der Waals surface area (Å²) in [6, 6.07) is -0.483. The molecule has 12 atom stereocenters. The van der Waals surface area contributed by atoms with Gasteiger partial charge >= 0.3 is 0 Å². The lowest BCUT2D eigenvalue weighted by Crippen LogP contribution is -2.81. The first-order valence-electron chi connectivity index (χ1n) is 12.2. The maximum absolute atomic E-state index is 13.7. The minimum Gasteiger partial charge on any atom is -0.392 e. The van der Waals surface area contributed by atoms with Gasteiger partial charge in [-0.1, -0.05) is 6.92 Å². The first kappa shape index (κ1) is 21.9. The Morgan fingerprint density at radius 2 is 1.94 bits per heavy atom. The second-order valence-corrected chi connectivity index (χ2v) is 11.5. The summed E-state index contributed by atoms with van der Waals surface area (Å²) in [4.78, 5) is 15.9. The number of ketones is 1. The molecule has 0 unspecified atom stereocenters. The van der Waals surface area contributed by atoms with Gasteiger partial charge in [-0.25, -0.2) is 0 Å². The van der Waals surface area contributed by atoms with Gasteiger partial charge in [0.1, 0.15) is 17.0 Å². The van der Waals surface area contributed by atoms with Gasteiger partial charge in [-0.3, -0.25) is 9.69 Å². The summed E-state index contributed by atoms with van der Waals surface area (Å²) in [6.07, 6.45) is 0.350. The van der Waals surface area contributed by atoms with E-state index < -0.39 is 46.9 Å². The van der Waals surface area contributed by atoms with E-state index in [1.54, 1.807) is 21.3 Å². The van der Waals surface area contributed by atoms with Gasteiger partial charge < -0.3 is 29.5 Å². The summed E-state index contributed by atoms with van der Waals surface area (Å²) < 4.78 is 17.6. The van der Waals surface area contributed by atoms with Crippen molar-refractivity contribution in [3.63, 3.8) is 0 Å². The highest BCUT2D eigenvalue weighted by molar-refractivity contribution is 5.90. The van der Waals surface area contributed by atoms with Gasteiger partial charge in [-0.05, 0) is 31.7 Å². The van der Waals surface area contributed by atoms with Crippen LogP contribution in [-0.4, -0.2) is 103 Å². The summed E-state index contributed by atoms with van der Waals surface area (Å²) in [5.41, 5.74) is -4.40. The van der Waals surface area contributed by atoms with Crippen LogP contribution >= 0.6 is 0 Å². The number of nitrogens with zero attached hydrogens (tertiary/aromatic N) is 1. The fourth-order valence-electron chi connectivity index (χ4n) is 10.4. The van der Waals surface area contributed by atoms with E-state index >= 15 is 0 Å². The molecule has 180 valence electrons. The molecule has 8 nitrogen and oxygen atoms in total. The Morgan fingerprint density at radius 3 is 2.56 bits per heavy atom. The fourth-order valence-corrected chi connectivity index (χ4v) is 10.4. The number of aliphatic hydroxyl groups is 3. The van der Waals surface area contributed by atoms with Crippen LogP contribution in [0.2, 0.25) is 0 Å². The second-order valence-electron chi connectivity index (χ2n) is 11.5. The van der Waals surface area contributed by atoms with Crippen molar-refractivity contribution in [3.05, 3.63) is 0 Å². The molecule has 7 bridgehead atoms. The Hall–Kier alpha value is -0.610. The molecule has 0 amide bonds. The monoisotopic (exact) mass is 451 g/mol. The number of Topliss-reactive ketones (excluding diaryl/α,β-unsaturated/α-hetero) is 1. The fraction of sp³-hybridized carbons (Fsp3) is 0.958. The highest BCUT2D eigenvalue weighted by Gasteiger charge is 2.91. The SMILES string of the molecule is CCN1C[C@@]2(COC)CC[C@H](O)[C@@]34[C@@H]5C[C@H]6C(=O)[C@@H]5[C@](O)(C[C@@H]6OC)[C@@](O)([C@H]13)[C@@H](OC)[C@@H]24. The van der Waals surface area contributed by atoms with E-state index in [-0.39, 0.29) is 35.4 Å². The lowest BCUT2D eigenvalue weighted by atomic mass is 9.43. The smallest absolute Gasteiger partial charge is 0.144 e. The molecular weight excluding hydrogens is 414 g/mol. The Morgan fingerprint density at radius 1 is 1.19 bits per heavy atom. The molecule has 6 rings (SSSR count). The zero-order chi connectivity index (χ0) is 22.8. The number of likely N-dealkylation sites (tertiary alicyclic amines) is 1. The van der Waals surface area contributed by atoms with Crippen LogP contribution in [0.1, 0.15) is 32.6 Å². The Labute approximate surface area is 189 Å². The van der Waals surface area contributed by atoms with Crippen LogP contribution in [0.5, 0.6) is 0 Å². The van der Waals surface area contributed by atoms with Gasteiger partial charge in [0.25, 0.3) is 0 Å². The first-order valence-corrected chi connectivity index (χ1v) is 12.2. The van der Waals surface area contributed by atoms with E-state index in [9.17, 15) is 20.1 Å². The van der Waals surface area contributed by atoms with Crippen LogP contribution in [0, 0.1) is 34.5 Å². The maximum atomic E-state index is 13.7. The summed E-state index contributed by atoms with van der Waals surface area (Å²) in [6.45, 7) is 3.96. The molecule has 1 aliphatic heterocycles. The molecular formula is C24H37NO7. The predicted octanol–water partition coefficient (Wildman–Crippen LogP) is -0.175. The molecule has 1 heterocycles. The highest BCUT2D eigenvalue weighted by Crippen LogP contribution is 2.79. The minimum atomic E-state index is -1.69. The summed E-state index contributed by atoms with van der Waals surface area (Å²) >= 11 is 0. The van der Waals surface area contributed by atoms with Crippen molar-refractivity contribution in [3.8, 4) is 0 Å². The molecule has 0 aromatic heterocycles. The number of rotatable bonds is 5. The van der Waals surface area contributed by atoms with Crippen molar-refractivity contribution in [2.75, 3.05) is 41.0 Å². The maximum Gasteiger partial charge on any atom is 0.144 e. The number of fused-ring (bicyclic) bond motifs is 2. The molecule has 1 spiro atoms. The predicted molar refractivity (Wildman–Crippen MR) is 113 cm³/mol. The second kappa shape index (κ2) is 6.53. The number of aliphatic hydroxyl groups excluding tert-OH is 1. The van der Waals surface area contributed by atoms with E-state index in [2.05, 4.69) is 11.8 Å². The zero-order valence-corrected chi connectivity index (χ0v) is 19.5. The summed E-state index contributed by atoms with van der Waals surface area (Å²) in [5, 5.41) is 37.0. The van der Waals surface area contributed by atoms with Crippen molar-refractivity contribution >= 4 is 5.78 Å². The molecule has 8 heteroatoms. The van der Waals surface area contributed by atoms with E-state index in [0.29, 0.717) is 26.0 Å². The van der Waals surface area contributed by atoms with Crippen molar-refractivity contribution in [2.24, 2.45) is 34.5 Å². The van der Waals surface area contributed by atoms with Crippen LogP contribution < -0.4 is 0 Å². The van der Waals surface area contributed by atoms with Gasteiger partial charge in [0, 0.05) is 57.0 Å². The molecule has 5 saturated carbocycles. The van der Waals surface area contributed by atoms with Crippen LogP contribution in [0.25, 0.3) is 0 Å². The third-order valence-electron chi connectivity index (χ3n) is 11.0. The third-order valence-corrected chi connectivity index (χ3v) is 11.0. The lowest BCUT2D eigenvalue weighted by molar-refractivity contribution is -0.299. The van der Waals surface area contributed by atoms with Crippen molar-refractivity contribution in [1.82, 2.24) is 4.90 Å². The molecule has 1 saturated heterocycles. The van der Waals surface area contributed by atoms with Crippen LogP contribution in [0.3, 0.4) is 0 Å². The Bertz CT molecular complexity index is 839. The molecule has 32 heavy (non-hydrogen) atoms. The molecule has 3 N–H and O–H groups in total. The van der Waals surface area contributed by atoms with E-state index in [1.807, 2.05) is 0 Å². The van der Waals surface area contributed by atoms with Crippen molar-refractivity contribution in [1.29, 1.82) is 0 Å². The number of carbonyl (C=O) groups excluding carboxylic acids is 1. The van der Waals surface area contributed by atoms with Crippen LogP contribution in [0.4, 0.5) is 0 Å². The Balaban J connectivity index is 1.68. The minimum absolute atomic E-state index is 0.0129. The lowest BCUT2D eigenvalue weighted by Gasteiger charge is -2.69. The number of carbonyl (C=O) groups is 1. The van der Waals surface area contributed by atoms with Crippen LogP contribution in [0.15, 0.2) is 0 Å². The van der Waals surface area contributed by atoms with Crippen molar-refractivity contribution < 1.29 is 34.3 Å². The normalized spacial score (nSPS) is 60.2. The third kappa shape index (κ3) is 1.94. The molecule has 0 aromatic carbocycles. The number of ether oxygens (including phenoxy) is 3. The molecule has 0 radical (unpaired) electrons. The summed E-state index contributed by atoms with van der Waals surface area (Å²) in [7, 11) is 4.87. The van der Waals surface area contributed by atoms with Crippen LogP contribution in [-0.2, 0) is 19.0 Å². The Kier molecular flexibility index (Phi) is 4.47. The molecule has 6 fully saturated rings. The zero-order valence-electron chi connectivity index (χ0n) is 19.5. The average Bonchev–Trinajstić information content (AvgIpc) is 3.14. The number of hydrogen-bond donors (Lipinski definition) is 3. The highest BCUT2D eigenvalue weighted by atomic mass is 16.5. The van der Waals surface area contributed by atoms with Gasteiger partial charge in [0.2, 0.25) is 0 Å². The van der Waals surface area contributed by atoms with Crippen molar-refractivity contribution in [2.45, 2.75) is 68.2 Å². The van der Waals surface area contributed by atoms with Gasteiger partial charge in [-0.2, -0.15) is 0 Å². The quantitative estimate of drug-likeness (QED) is 0.529. The van der Waals surface area contributed by atoms with Gasteiger partial charge in [0.05, 0.1) is 36.9 Å². The average molecular weight is 452 g/mol. The summed E-state index contributed by atoms with van der Waals surface area (Å²) in [5.74, 6) is -1.43. The molecule has 0 aromatic rings. The number of methoxy groups -OCH3 is 3. The number of hydrogen-bond acceptors (Lipinski definition) is 8. The molecule has 5 aliphatic carbocycles. The molecule has 6 aliphatic rings. The number of likely N-dealkylation sites (N-methyl/N-ethyl adjacent to an activating group) is 1. The first-order chi connectivity index (χ1) is 15.2. The largest absolute Gasteiger partial charge is 0.392 e. The standard InChI is InChI=1S/C24H37NO7/c1-5-25-10-21(11-30-2)7-6-15(26)23-13-8-12-14(31-3)9-22(28,16(13)17(12)27)24(29,20(23)25)19(32-4)18(21)23/h12-16,18-20,26,28-29H,5-11H2,1-4H3/t12-,13-,14+,15+,16-,18+,19+,20-,21-,22-,23-,24+/m1/s1. The van der Waals surface area contributed by atoms with Gasteiger partial charge in [-0.15, -0.1) is 0 Å². The van der Waals surface area contributed by atoms with E-state index in [0.717, 1.165) is 13.0 Å². The number of piperidine rings is 1. The van der Waals surface area contributed by atoms with E-state index in [1.165, 1.54) is 0 Å². The van der Waals surface area contributed by atoms with E-state index in [4.69, 9.17) is 14.2 Å². The topological polar surface area (TPSA) is 109 Å². The van der Waals surface area contributed by atoms with Gasteiger partial charge in [0.15, 0.2) is 0 Å².